The van der Waals surface area contributed by atoms with Gasteiger partial charge in [0.2, 0.25) is 0 Å². The third-order valence-corrected chi connectivity index (χ3v) is 6.38. The zero-order valence-electron chi connectivity index (χ0n) is 21.9. The van der Waals surface area contributed by atoms with Crippen molar-refractivity contribution in [1.29, 1.82) is 0 Å². The van der Waals surface area contributed by atoms with Crippen LogP contribution in [-0.4, -0.2) is 67.8 Å². The number of hydrogen-bond donors (Lipinski definition) is 2. The summed E-state index contributed by atoms with van der Waals surface area (Å²) in [4.78, 5) is 13.8. The van der Waals surface area contributed by atoms with E-state index in [0.29, 0.717) is 0 Å². The number of anilines is 4. The molecule has 0 saturated heterocycles. The largest absolute Gasteiger partial charge is 0.494 e. The topological polar surface area (TPSA) is 70.5 Å². The van der Waals surface area contributed by atoms with E-state index in [2.05, 4.69) is 88.7 Å². The molecule has 0 saturated carbocycles. The molecule has 4 rings (SSSR count). The van der Waals surface area contributed by atoms with Crippen molar-refractivity contribution in [2.45, 2.75) is 19.8 Å². The van der Waals surface area contributed by atoms with Crippen molar-refractivity contribution in [1.82, 2.24) is 19.4 Å². The molecule has 1 aliphatic rings. The number of methoxy groups -OCH3 is 1. The van der Waals surface area contributed by atoms with Crippen molar-refractivity contribution in [3.05, 3.63) is 40.8 Å². The summed E-state index contributed by atoms with van der Waals surface area (Å²) >= 11 is 0. The van der Waals surface area contributed by atoms with Crippen LogP contribution < -0.4 is 30.8 Å². The van der Waals surface area contributed by atoms with E-state index in [1.54, 1.807) is 7.11 Å². The summed E-state index contributed by atoms with van der Waals surface area (Å²) < 4.78 is 7.95. The zero-order valence-corrected chi connectivity index (χ0v) is 21.9. The van der Waals surface area contributed by atoms with Crippen LogP contribution >= 0.6 is 0 Å². The van der Waals surface area contributed by atoms with Crippen molar-refractivity contribution >= 4 is 35.0 Å². The van der Waals surface area contributed by atoms with Gasteiger partial charge in [-0.2, -0.15) is 0 Å². The van der Waals surface area contributed by atoms with Crippen LogP contribution in [0.4, 0.5) is 22.9 Å². The molecule has 0 atom stereocenters. The highest BCUT2D eigenvalue weighted by atomic mass is 16.5. The van der Waals surface area contributed by atoms with E-state index >= 15 is 0 Å². The summed E-state index contributed by atoms with van der Waals surface area (Å²) in [5, 5.41) is 9.33. The molecule has 0 unspecified atom stereocenters. The fraction of sp³-hybridized carbons (Fsp3) is 0.407. The van der Waals surface area contributed by atoms with Gasteiger partial charge in [-0.15, -0.1) is 0 Å². The van der Waals surface area contributed by atoms with Gasteiger partial charge in [-0.1, -0.05) is 12.2 Å². The number of hydrogen-bond acceptors (Lipinski definition) is 7. The number of fused-ring (bicyclic) bond motifs is 1. The number of aryl methyl sites for hydroxylation is 2. The number of rotatable bonds is 9. The number of nitrogens with one attached hydrogen (secondary N) is 2. The molecule has 2 N–H and O–H groups in total. The fourth-order valence-corrected chi connectivity index (χ4v) is 4.51. The molecular weight excluding hydrogens is 438 g/mol. The molecule has 0 fully saturated rings. The van der Waals surface area contributed by atoms with Gasteiger partial charge in [0.05, 0.1) is 29.9 Å². The second-order valence-electron chi connectivity index (χ2n) is 9.29. The molecule has 0 bridgehead atoms. The van der Waals surface area contributed by atoms with Crippen LogP contribution in [0.5, 0.6) is 5.75 Å². The second-order valence-corrected chi connectivity index (χ2v) is 9.29. The first-order chi connectivity index (χ1) is 16.8. The minimum atomic E-state index is 0.718. The maximum absolute atomic E-state index is 5.77. The monoisotopic (exact) mass is 475 g/mol. The molecule has 1 aromatic carbocycles. The molecule has 8 nitrogen and oxygen atoms in total. The highest BCUT2D eigenvalue weighted by Crippen LogP contribution is 2.38. The molecule has 186 valence electrons. The van der Waals surface area contributed by atoms with Crippen LogP contribution in [0, 0.1) is 6.92 Å². The van der Waals surface area contributed by atoms with Gasteiger partial charge >= 0.3 is 0 Å². The summed E-state index contributed by atoms with van der Waals surface area (Å²) in [5.41, 5.74) is 4.99. The molecule has 35 heavy (non-hydrogen) atoms. The number of nitrogens with zero attached hydrogens (tertiary/aromatic N) is 5. The molecule has 0 spiro atoms. The molecule has 0 amide bonds. The minimum Gasteiger partial charge on any atom is -0.494 e. The maximum Gasteiger partial charge on any atom is 0.144 e. The number of ether oxygens (including phenoxy) is 1. The summed E-state index contributed by atoms with van der Waals surface area (Å²) in [5.74, 6) is 2.21. The Kier molecular flexibility index (Phi) is 7.31. The van der Waals surface area contributed by atoms with Crippen molar-refractivity contribution in [2.75, 3.05) is 63.9 Å². The van der Waals surface area contributed by atoms with E-state index in [9.17, 15) is 0 Å². The third kappa shape index (κ3) is 5.27. The Morgan fingerprint density at radius 2 is 1.80 bits per heavy atom. The summed E-state index contributed by atoms with van der Waals surface area (Å²) in [6, 6.07) is 6.16. The average Bonchev–Trinajstić information content (AvgIpc) is 3.18. The van der Waals surface area contributed by atoms with Crippen molar-refractivity contribution in [3.8, 4) is 17.0 Å². The third-order valence-electron chi connectivity index (χ3n) is 6.38. The van der Waals surface area contributed by atoms with E-state index in [-0.39, 0.29) is 0 Å². The van der Waals surface area contributed by atoms with Crippen LogP contribution in [0.3, 0.4) is 0 Å². The van der Waals surface area contributed by atoms with Gasteiger partial charge in [0.25, 0.3) is 0 Å². The quantitative estimate of drug-likeness (QED) is 0.493. The predicted octanol–water partition coefficient (Wildman–Crippen LogP) is 2.94. The van der Waals surface area contributed by atoms with Gasteiger partial charge in [-0.3, -0.25) is 0 Å². The highest BCUT2D eigenvalue weighted by Gasteiger charge is 2.16. The van der Waals surface area contributed by atoms with Gasteiger partial charge in [0.1, 0.15) is 17.4 Å². The molecule has 1 aliphatic carbocycles. The smallest absolute Gasteiger partial charge is 0.144 e. The van der Waals surface area contributed by atoms with Crippen molar-refractivity contribution in [3.63, 3.8) is 0 Å². The van der Waals surface area contributed by atoms with E-state index in [1.807, 2.05) is 20.0 Å². The van der Waals surface area contributed by atoms with Gasteiger partial charge in [0, 0.05) is 68.7 Å². The summed E-state index contributed by atoms with van der Waals surface area (Å²) in [6.07, 6.45) is 8.90. The predicted molar refractivity (Wildman–Crippen MR) is 146 cm³/mol. The Bertz CT molecular complexity index is 1330. The number of aromatic nitrogens is 3. The molecule has 2 aromatic heterocycles. The van der Waals surface area contributed by atoms with Gasteiger partial charge in [0.15, 0.2) is 0 Å². The van der Waals surface area contributed by atoms with Gasteiger partial charge in [-0.25, -0.2) is 9.97 Å². The van der Waals surface area contributed by atoms with Gasteiger partial charge < -0.3 is 29.7 Å². The molecule has 0 radical (unpaired) electrons. The van der Waals surface area contributed by atoms with E-state index < -0.39 is 0 Å². The lowest BCUT2D eigenvalue weighted by atomic mass is 10.1. The van der Waals surface area contributed by atoms with Crippen LogP contribution in [0.1, 0.15) is 18.7 Å². The van der Waals surface area contributed by atoms with E-state index in [0.717, 1.165) is 71.6 Å². The Morgan fingerprint density at radius 1 is 1.03 bits per heavy atom. The number of likely N-dealkylation sites (N-methyl/N-ethyl adjacent to an activating group) is 2. The van der Waals surface area contributed by atoms with Crippen LogP contribution in [-0.2, 0) is 7.05 Å². The van der Waals surface area contributed by atoms with Crippen LogP contribution in [0.2, 0.25) is 0 Å². The first-order valence-electron chi connectivity index (χ1n) is 12.0. The summed E-state index contributed by atoms with van der Waals surface area (Å²) in [7, 11) is 12.0. The van der Waals surface area contributed by atoms with E-state index in [4.69, 9.17) is 9.72 Å². The Hall–Kier alpha value is -3.52. The zero-order chi connectivity index (χ0) is 25.1. The van der Waals surface area contributed by atoms with Crippen LogP contribution in [0.15, 0.2) is 24.4 Å². The number of benzene rings is 1. The first-order valence-corrected chi connectivity index (χ1v) is 12.0. The van der Waals surface area contributed by atoms with Gasteiger partial charge in [-0.05, 0) is 39.9 Å². The molecule has 0 aliphatic heterocycles. The first kappa shape index (κ1) is 24.6. The Morgan fingerprint density at radius 3 is 2.51 bits per heavy atom. The standard InChI is InChI=1S/C27H37N7O/c1-18-29-21(20-17-34(6)24-11-9-8-10-19(20)24)15-27(30-18)31-23-14-22(28-2)25(16-26(23)35-7)33(5)13-12-32(3)4/h10-11,14-17,28H,8-9,12-13H2,1-7H3,(H,29,30,31). The second kappa shape index (κ2) is 10.4. The highest BCUT2D eigenvalue weighted by molar-refractivity contribution is 5.81. The normalized spacial score (nSPS) is 12.6. The molecular formula is C27H37N7O. The van der Waals surface area contributed by atoms with Crippen molar-refractivity contribution in [2.24, 2.45) is 7.05 Å². The lowest BCUT2D eigenvalue weighted by Crippen LogP contribution is -2.30. The Balaban J connectivity index is 1.70. The van der Waals surface area contributed by atoms with E-state index in [1.165, 1.54) is 10.6 Å². The summed E-state index contributed by atoms with van der Waals surface area (Å²) in [6.45, 7) is 3.80. The average molecular weight is 476 g/mol. The maximum atomic E-state index is 5.77. The minimum absolute atomic E-state index is 0.718. The lowest BCUT2D eigenvalue weighted by Gasteiger charge is -2.25. The Labute approximate surface area is 207 Å². The van der Waals surface area contributed by atoms with Crippen LogP contribution in [0.25, 0.3) is 23.4 Å². The lowest BCUT2D eigenvalue weighted by molar-refractivity contribution is 0.413. The molecule has 3 aromatic rings. The van der Waals surface area contributed by atoms with Crippen molar-refractivity contribution < 1.29 is 4.74 Å². The molecule has 8 heteroatoms. The SMILES string of the molecule is CNc1cc(Nc2cc(-c3cn(C)c4c3=CCCC=4)nc(C)n2)c(OC)cc1N(C)CCN(C)C. The fourth-order valence-electron chi connectivity index (χ4n) is 4.51. The molecule has 2 heterocycles.